The molecule has 6 heteroatoms. The van der Waals surface area contributed by atoms with Crippen LogP contribution in [0.5, 0.6) is 0 Å². The molecule has 1 aromatic carbocycles. The van der Waals surface area contributed by atoms with Gasteiger partial charge in [-0.05, 0) is 31.2 Å². The summed E-state index contributed by atoms with van der Waals surface area (Å²) in [5.41, 5.74) is 0. The average molecular weight is 310 g/mol. The van der Waals surface area contributed by atoms with Crippen LogP contribution in [0.3, 0.4) is 0 Å². The van der Waals surface area contributed by atoms with E-state index in [-0.39, 0.29) is 12.6 Å². The molecule has 102 valence electrons. The first-order valence-corrected chi connectivity index (χ1v) is 7.83. The number of nitrogens with one attached hydrogen (secondary N) is 1. The quantitative estimate of drug-likeness (QED) is 0.813. The summed E-state index contributed by atoms with van der Waals surface area (Å²) in [7, 11) is -1.23. The summed E-state index contributed by atoms with van der Waals surface area (Å²) in [4.78, 5) is 0.546. The lowest BCUT2D eigenvalue weighted by Gasteiger charge is -2.16. The van der Waals surface area contributed by atoms with Gasteiger partial charge in [0, 0.05) is 23.4 Å². The molecule has 0 amide bonds. The summed E-state index contributed by atoms with van der Waals surface area (Å²) in [5, 5.41) is 13.1. The molecule has 0 bridgehead atoms. The minimum absolute atomic E-state index is 0.0101. The maximum Gasteiger partial charge on any atom is 0.0589 e. The van der Waals surface area contributed by atoms with Gasteiger partial charge in [0.15, 0.2) is 0 Å². The van der Waals surface area contributed by atoms with Gasteiger partial charge in [0.05, 0.1) is 20.7 Å². The summed E-state index contributed by atoms with van der Waals surface area (Å²) in [5.74, 6) is 0.411. The molecule has 0 saturated carbocycles. The summed E-state index contributed by atoms with van der Waals surface area (Å²) in [6.07, 6.45) is 0.567. The molecule has 18 heavy (non-hydrogen) atoms. The minimum atomic E-state index is -1.23. The van der Waals surface area contributed by atoms with Crippen LogP contribution in [0.2, 0.25) is 10.0 Å². The van der Waals surface area contributed by atoms with Crippen molar-refractivity contribution in [2.75, 3.05) is 18.9 Å². The second kappa shape index (κ2) is 8.12. The number of halogens is 2. The topological polar surface area (TPSA) is 49.3 Å². The van der Waals surface area contributed by atoms with E-state index in [9.17, 15) is 4.21 Å². The van der Waals surface area contributed by atoms with Gasteiger partial charge in [-0.1, -0.05) is 30.1 Å². The molecule has 3 nitrogen and oxygen atoms in total. The summed E-state index contributed by atoms with van der Waals surface area (Å²) in [6.45, 7) is 2.81. The van der Waals surface area contributed by atoms with Crippen molar-refractivity contribution in [3.63, 3.8) is 0 Å². The lowest BCUT2D eigenvalue weighted by atomic mass is 10.2. The van der Waals surface area contributed by atoms with Crippen LogP contribution in [0.1, 0.15) is 13.3 Å². The molecule has 0 aliphatic carbocycles. The smallest absolute Gasteiger partial charge is 0.0589 e. The predicted molar refractivity (Wildman–Crippen MR) is 76.9 cm³/mol. The van der Waals surface area contributed by atoms with Crippen LogP contribution in [0.15, 0.2) is 23.1 Å². The van der Waals surface area contributed by atoms with Crippen molar-refractivity contribution < 1.29 is 9.32 Å². The van der Waals surface area contributed by atoms with Gasteiger partial charge in [-0.25, -0.2) is 0 Å². The first-order chi connectivity index (χ1) is 8.58. The second-order valence-corrected chi connectivity index (χ2v) is 6.16. The normalized spacial score (nSPS) is 14.4. The van der Waals surface area contributed by atoms with E-state index < -0.39 is 10.8 Å². The first-order valence-electron chi connectivity index (χ1n) is 5.76. The van der Waals surface area contributed by atoms with Gasteiger partial charge in [-0.15, -0.1) is 0 Å². The molecule has 0 saturated heterocycles. The van der Waals surface area contributed by atoms with E-state index in [1.54, 1.807) is 18.2 Å². The van der Waals surface area contributed by atoms with Crippen molar-refractivity contribution >= 4 is 34.0 Å². The maximum atomic E-state index is 12.2. The Bertz CT molecular complexity index is 409. The molecule has 1 aromatic rings. The number of hydrogen-bond donors (Lipinski definition) is 2. The monoisotopic (exact) mass is 309 g/mol. The van der Waals surface area contributed by atoms with Crippen LogP contribution in [0.25, 0.3) is 0 Å². The molecule has 0 fully saturated rings. The summed E-state index contributed by atoms with van der Waals surface area (Å²) < 4.78 is 12.2. The van der Waals surface area contributed by atoms with E-state index in [4.69, 9.17) is 28.3 Å². The first kappa shape index (κ1) is 15.9. The van der Waals surface area contributed by atoms with Gasteiger partial charge < -0.3 is 10.4 Å². The zero-order valence-corrected chi connectivity index (χ0v) is 12.5. The molecule has 2 N–H and O–H groups in total. The molecule has 0 heterocycles. The Morgan fingerprint density at radius 1 is 1.44 bits per heavy atom. The summed E-state index contributed by atoms with van der Waals surface area (Å²) in [6, 6.07) is 4.95. The highest BCUT2D eigenvalue weighted by molar-refractivity contribution is 7.85. The van der Waals surface area contributed by atoms with Gasteiger partial charge in [0.25, 0.3) is 0 Å². The van der Waals surface area contributed by atoms with Crippen LogP contribution in [0.4, 0.5) is 0 Å². The molecule has 0 radical (unpaired) electrons. The fourth-order valence-corrected chi connectivity index (χ4v) is 3.60. The fraction of sp³-hybridized carbons (Fsp3) is 0.500. The number of aliphatic hydroxyl groups excluding tert-OH is 1. The highest BCUT2D eigenvalue weighted by Crippen LogP contribution is 2.24. The Kier molecular flexibility index (Phi) is 7.19. The van der Waals surface area contributed by atoms with E-state index in [1.165, 1.54) is 0 Å². The number of benzene rings is 1. The van der Waals surface area contributed by atoms with Gasteiger partial charge in [0.1, 0.15) is 0 Å². The Morgan fingerprint density at radius 2 is 2.17 bits per heavy atom. The van der Waals surface area contributed by atoms with Crippen LogP contribution < -0.4 is 5.32 Å². The fourth-order valence-electron chi connectivity index (χ4n) is 1.61. The van der Waals surface area contributed by atoms with Crippen molar-refractivity contribution in [3.05, 3.63) is 28.2 Å². The third kappa shape index (κ3) is 4.86. The van der Waals surface area contributed by atoms with E-state index in [1.807, 2.05) is 6.92 Å². The maximum absolute atomic E-state index is 12.2. The van der Waals surface area contributed by atoms with Crippen LogP contribution >= 0.6 is 23.2 Å². The zero-order valence-electron chi connectivity index (χ0n) is 10.2. The molecule has 0 spiro atoms. The third-order valence-corrected chi connectivity index (χ3v) is 4.67. The predicted octanol–water partition coefficient (Wildman–Crippen LogP) is 2.46. The molecule has 0 aromatic heterocycles. The van der Waals surface area contributed by atoms with Crippen molar-refractivity contribution in [2.24, 2.45) is 0 Å². The highest BCUT2D eigenvalue weighted by Gasteiger charge is 2.15. The number of rotatable bonds is 7. The van der Waals surface area contributed by atoms with Crippen molar-refractivity contribution in [1.29, 1.82) is 0 Å². The highest BCUT2D eigenvalue weighted by atomic mass is 35.5. The lowest BCUT2D eigenvalue weighted by molar-refractivity contribution is 0.270. The number of hydrogen-bond acceptors (Lipinski definition) is 3. The van der Waals surface area contributed by atoms with Crippen LogP contribution in [0, 0.1) is 0 Å². The van der Waals surface area contributed by atoms with Crippen molar-refractivity contribution in [3.8, 4) is 0 Å². The molecule has 1 rings (SSSR count). The number of aliphatic hydroxyl groups is 1. The van der Waals surface area contributed by atoms with Crippen molar-refractivity contribution in [2.45, 2.75) is 24.3 Å². The Hall–Kier alpha value is -0.130. The van der Waals surface area contributed by atoms with E-state index in [2.05, 4.69) is 5.32 Å². The van der Waals surface area contributed by atoms with Crippen LogP contribution in [-0.4, -0.2) is 34.3 Å². The van der Waals surface area contributed by atoms with Gasteiger partial charge >= 0.3 is 0 Å². The molecule has 0 aliphatic heterocycles. The van der Waals surface area contributed by atoms with Crippen LogP contribution in [-0.2, 0) is 10.8 Å². The Morgan fingerprint density at radius 3 is 2.78 bits per heavy atom. The lowest BCUT2D eigenvalue weighted by Crippen LogP contribution is -2.34. The van der Waals surface area contributed by atoms with E-state index in [0.29, 0.717) is 27.1 Å². The van der Waals surface area contributed by atoms with E-state index >= 15 is 0 Å². The molecule has 2 atom stereocenters. The van der Waals surface area contributed by atoms with Gasteiger partial charge in [-0.2, -0.15) is 0 Å². The molecular formula is C12H17Cl2NO2S. The average Bonchev–Trinajstić information content (AvgIpc) is 2.33. The second-order valence-electron chi connectivity index (χ2n) is 3.85. The summed E-state index contributed by atoms with van der Waals surface area (Å²) >= 11 is 11.9. The van der Waals surface area contributed by atoms with Crippen molar-refractivity contribution in [1.82, 2.24) is 5.32 Å². The molecular weight excluding hydrogens is 293 g/mol. The Balaban J connectivity index is 2.76. The Labute approximate surface area is 120 Å². The molecule has 0 aliphatic rings. The largest absolute Gasteiger partial charge is 0.396 e. The molecule has 2 unspecified atom stereocenters. The SMILES string of the molecule is CCNC(CCO)CS(=O)c1cc(Cl)ccc1Cl. The zero-order chi connectivity index (χ0) is 13.5. The van der Waals surface area contributed by atoms with E-state index in [0.717, 1.165) is 6.54 Å². The standard InChI is InChI=1S/C12H17Cl2NO2S/c1-2-15-10(5-6-16)8-18(17)12-7-9(13)3-4-11(12)14/h3-4,7,10,15-16H,2,5-6,8H2,1H3. The van der Waals surface area contributed by atoms with Gasteiger partial charge in [-0.3, -0.25) is 4.21 Å². The van der Waals surface area contributed by atoms with Gasteiger partial charge in [0.2, 0.25) is 0 Å². The minimum Gasteiger partial charge on any atom is -0.396 e. The third-order valence-electron chi connectivity index (χ3n) is 2.46.